The summed E-state index contributed by atoms with van der Waals surface area (Å²) in [4.78, 5) is 37.4. The van der Waals surface area contributed by atoms with Crippen molar-refractivity contribution >= 4 is 16.9 Å². The smallest absolute Gasteiger partial charge is 0.317 e. The molecule has 3 rings (SSSR count). The summed E-state index contributed by atoms with van der Waals surface area (Å²) in [6.07, 6.45) is 0. The number of rotatable bonds is 7. The van der Waals surface area contributed by atoms with E-state index in [-0.39, 0.29) is 19.0 Å². The number of para-hydroxylation sites is 3. The fourth-order valence-electron chi connectivity index (χ4n) is 3.18. The number of benzene rings is 2. The van der Waals surface area contributed by atoms with E-state index in [2.05, 4.69) is 5.32 Å². The van der Waals surface area contributed by atoms with Gasteiger partial charge in [-0.3, -0.25) is 19.0 Å². The van der Waals surface area contributed by atoms with E-state index in [1.807, 2.05) is 31.2 Å². The Bertz CT molecular complexity index is 1110. The molecule has 3 aromatic rings. The Morgan fingerprint density at radius 2 is 1.54 bits per heavy atom. The highest BCUT2D eigenvalue weighted by Gasteiger charge is 2.14. The maximum Gasteiger partial charge on any atom is 0.317 e. The number of nitrogens with one attached hydrogen (secondary N) is 1. The molecule has 0 saturated carbocycles. The molecule has 0 aliphatic rings. The Labute approximate surface area is 162 Å². The zero-order valence-corrected chi connectivity index (χ0v) is 16.0. The van der Waals surface area contributed by atoms with Crippen molar-refractivity contribution in [1.29, 1.82) is 0 Å². The van der Waals surface area contributed by atoms with Crippen molar-refractivity contribution in [2.24, 2.45) is 0 Å². The van der Waals surface area contributed by atoms with Gasteiger partial charge in [0.25, 0.3) is 0 Å². The van der Waals surface area contributed by atoms with Crippen LogP contribution in [0.5, 0.6) is 5.75 Å². The topological polar surface area (TPSA) is 82.3 Å². The summed E-state index contributed by atoms with van der Waals surface area (Å²) in [5, 5.41) is 2.80. The van der Waals surface area contributed by atoms with Crippen LogP contribution in [0.15, 0.2) is 58.1 Å². The molecule has 0 unspecified atom stereocenters. The van der Waals surface area contributed by atoms with Gasteiger partial charge in [-0.15, -0.1) is 0 Å². The first-order valence-electron chi connectivity index (χ1n) is 9.26. The predicted octanol–water partition coefficient (Wildman–Crippen LogP) is 1.90. The van der Waals surface area contributed by atoms with E-state index >= 15 is 0 Å². The van der Waals surface area contributed by atoms with Gasteiger partial charge in [-0.2, -0.15) is 0 Å². The van der Waals surface area contributed by atoms with Crippen molar-refractivity contribution in [3.05, 3.63) is 74.8 Å². The third-order valence-electron chi connectivity index (χ3n) is 4.50. The van der Waals surface area contributed by atoms with Gasteiger partial charge in [0.1, 0.15) is 12.3 Å². The zero-order chi connectivity index (χ0) is 20.1. The number of fused-ring (bicyclic) bond motifs is 1. The molecule has 0 bridgehead atoms. The van der Waals surface area contributed by atoms with Crippen molar-refractivity contribution in [3.8, 4) is 5.75 Å². The van der Waals surface area contributed by atoms with E-state index in [0.717, 1.165) is 5.56 Å². The van der Waals surface area contributed by atoms with Crippen LogP contribution < -0.4 is 21.2 Å². The van der Waals surface area contributed by atoms with Crippen molar-refractivity contribution < 1.29 is 9.53 Å². The Morgan fingerprint density at radius 1 is 0.929 bits per heavy atom. The lowest BCUT2D eigenvalue weighted by atomic mass is 10.2. The van der Waals surface area contributed by atoms with Gasteiger partial charge < -0.3 is 14.6 Å². The minimum Gasteiger partial charge on any atom is -0.494 e. The van der Waals surface area contributed by atoms with Gasteiger partial charge in [-0.1, -0.05) is 30.3 Å². The largest absolute Gasteiger partial charge is 0.494 e. The van der Waals surface area contributed by atoms with E-state index in [0.29, 0.717) is 29.9 Å². The van der Waals surface area contributed by atoms with Crippen molar-refractivity contribution in [3.63, 3.8) is 0 Å². The average molecular weight is 381 g/mol. The number of hydrogen-bond donors (Lipinski definition) is 1. The standard InChI is InChI=1S/C21H23N3O4/c1-3-23-16-10-6-7-11-17(16)24(21(27)20(23)26)14-19(25)22-13-15-9-5-8-12-18(15)28-4-2/h5-12H,3-4,13-14H2,1-2H3,(H,22,25). The second kappa shape index (κ2) is 8.56. The highest BCUT2D eigenvalue weighted by molar-refractivity contribution is 5.80. The molecule has 0 saturated heterocycles. The number of aromatic nitrogens is 2. The molecule has 0 fully saturated rings. The van der Waals surface area contributed by atoms with Gasteiger partial charge in [0, 0.05) is 18.7 Å². The summed E-state index contributed by atoms with van der Waals surface area (Å²) in [7, 11) is 0. The van der Waals surface area contributed by atoms with Crippen LogP contribution in [0.4, 0.5) is 0 Å². The summed E-state index contributed by atoms with van der Waals surface area (Å²) in [5.74, 6) is 0.352. The molecule has 1 N–H and O–H groups in total. The molecule has 0 aliphatic carbocycles. The quantitative estimate of drug-likeness (QED) is 0.634. The number of carbonyl (C=O) groups excluding carboxylic acids is 1. The maximum atomic E-state index is 12.5. The van der Waals surface area contributed by atoms with Crippen molar-refractivity contribution in [2.45, 2.75) is 33.5 Å². The van der Waals surface area contributed by atoms with Crippen molar-refractivity contribution in [2.75, 3.05) is 6.61 Å². The molecule has 0 atom stereocenters. The molecule has 7 heteroatoms. The lowest BCUT2D eigenvalue weighted by Gasteiger charge is -2.14. The Kier molecular flexibility index (Phi) is 5.93. The molecular weight excluding hydrogens is 358 g/mol. The van der Waals surface area contributed by atoms with Crippen LogP contribution in [-0.4, -0.2) is 21.6 Å². The molecule has 1 heterocycles. The van der Waals surface area contributed by atoms with E-state index in [4.69, 9.17) is 4.74 Å². The third-order valence-corrected chi connectivity index (χ3v) is 4.50. The average Bonchev–Trinajstić information content (AvgIpc) is 2.71. The highest BCUT2D eigenvalue weighted by atomic mass is 16.5. The van der Waals surface area contributed by atoms with Crippen LogP contribution in [0.3, 0.4) is 0 Å². The maximum absolute atomic E-state index is 12.5. The highest BCUT2D eigenvalue weighted by Crippen LogP contribution is 2.17. The zero-order valence-electron chi connectivity index (χ0n) is 16.0. The summed E-state index contributed by atoms with van der Waals surface area (Å²) in [6, 6.07) is 14.5. The van der Waals surface area contributed by atoms with Crippen LogP contribution in [-0.2, 0) is 24.4 Å². The third kappa shape index (κ3) is 3.83. The Morgan fingerprint density at radius 3 is 2.21 bits per heavy atom. The van der Waals surface area contributed by atoms with Crippen molar-refractivity contribution in [1.82, 2.24) is 14.5 Å². The second-order valence-corrected chi connectivity index (χ2v) is 6.25. The molecule has 0 aliphatic heterocycles. The predicted molar refractivity (Wildman–Crippen MR) is 108 cm³/mol. The summed E-state index contributed by atoms with van der Waals surface area (Å²) >= 11 is 0. The van der Waals surface area contributed by atoms with Gasteiger partial charge in [-0.05, 0) is 32.0 Å². The minimum atomic E-state index is -0.703. The molecular formula is C21H23N3O4. The molecule has 1 aromatic heterocycles. The van der Waals surface area contributed by atoms with E-state index in [9.17, 15) is 14.4 Å². The fourth-order valence-corrected chi connectivity index (χ4v) is 3.18. The molecule has 1 amide bonds. The summed E-state index contributed by atoms with van der Waals surface area (Å²) in [6.45, 7) is 4.66. The van der Waals surface area contributed by atoms with Crippen LogP contribution in [0, 0.1) is 0 Å². The number of hydrogen-bond acceptors (Lipinski definition) is 4. The Hall–Kier alpha value is -3.35. The number of nitrogens with zero attached hydrogens (tertiary/aromatic N) is 2. The molecule has 0 spiro atoms. The van der Waals surface area contributed by atoms with E-state index in [1.54, 1.807) is 31.2 Å². The second-order valence-electron chi connectivity index (χ2n) is 6.25. The molecule has 28 heavy (non-hydrogen) atoms. The minimum absolute atomic E-state index is 0.226. The molecule has 7 nitrogen and oxygen atoms in total. The van der Waals surface area contributed by atoms with E-state index in [1.165, 1.54) is 9.13 Å². The van der Waals surface area contributed by atoms with Gasteiger partial charge in [0.2, 0.25) is 5.91 Å². The first-order valence-corrected chi connectivity index (χ1v) is 9.26. The molecule has 0 radical (unpaired) electrons. The van der Waals surface area contributed by atoms with Gasteiger partial charge >= 0.3 is 11.1 Å². The SMILES string of the molecule is CCOc1ccccc1CNC(=O)Cn1c(=O)c(=O)n(CC)c2ccccc21. The van der Waals surface area contributed by atoms with Gasteiger partial charge in [0.15, 0.2) is 0 Å². The first-order chi connectivity index (χ1) is 13.6. The molecule has 146 valence electrons. The van der Waals surface area contributed by atoms with Crippen LogP contribution in [0.1, 0.15) is 19.4 Å². The van der Waals surface area contributed by atoms with Crippen LogP contribution >= 0.6 is 0 Å². The Balaban J connectivity index is 1.86. The monoisotopic (exact) mass is 381 g/mol. The van der Waals surface area contributed by atoms with Crippen LogP contribution in [0.25, 0.3) is 11.0 Å². The van der Waals surface area contributed by atoms with Crippen LogP contribution in [0.2, 0.25) is 0 Å². The van der Waals surface area contributed by atoms with E-state index < -0.39 is 11.1 Å². The van der Waals surface area contributed by atoms with Gasteiger partial charge in [-0.25, -0.2) is 0 Å². The fraction of sp³-hybridized carbons (Fsp3) is 0.286. The normalized spacial score (nSPS) is 10.8. The lowest BCUT2D eigenvalue weighted by molar-refractivity contribution is -0.121. The summed E-state index contributed by atoms with van der Waals surface area (Å²) in [5.41, 5.74) is 0.695. The first kappa shape index (κ1) is 19.4. The molecule has 2 aromatic carbocycles. The number of carbonyl (C=O) groups is 1. The summed E-state index contributed by atoms with van der Waals surface area (Å²) < 4.78 is 8.21. The van der Waals surface area contributed by atoms with Gasteiger partial charge in [0.05, 0.1) is 17.6 Å². The number of aryl methyl sites for hydroxylation is 1. The number of ether oxygens (including phenoxy) is 1. The number of amides is 1. The lowest BCUT2D eigenvalue weighted by Crippen LogP contribution is -2.43.